The number of ether oxygens (including phenoxy) is 1. The second kappa shape index (κ2) is 6.79. The van der Waals surface area contributed by atoms with Crippen LogP contribution in [-0.2, 0) is 11.3 Å². The van der Waals surface area contributed by atoms with Crippen LogP contribution in [0.15, 0.2) is 42.5 Å². The number of hydrogen-bond donors (Lipinski definition) is 1. The predicted octanol–water partition coefficient (Wildman–Crippen LogP) is 2.79. The number of aldehydes is 1. The van der Waals surface area contributed by atoms with Gasteiger partial charge in [0.1, 0.15) is 12.4 Å². The van der Waals surface area contributed by atoms with E-state index in [9.17, 15) is 4.79 Å². The first-order chi connectivity index (χ1) is 10.1. The summed E-state index contributed by atoms with van der Waals surface area (Å²) in [5.41, 5.74) is 9.83. The van der Waals surface area contributed by atoms with E-state index in [4.69, 9.17) is 10.5 Å². The first-order valence-electron chi connectivity index (χ1n) is 6.83. The number of anilines is 2. The molecule has 0 spiro atoms. The summed E-state index contributed by atoms with van der Waals surface area (Å²) in [7, 11) is 1.97. The number of nitrogen functional groups attached to an aromatic ring is 1. The molecule has 4 heteroatoms. The minimum absolute atomic E-state index is 0.0370. The third-order valence-corrected chi connectivity index (χ3v) is 3.24. The molecule has 0 aliphatic heterocycles. The molecule has 0 aliphatic rings. The predicted molar refractivity (Wildman–Crippen MR) is 85.7 cm³/mol. The topological polar surface area (TPSA) is 55.6 Å². The number of nitrogens with zero attached hydrogens (tertiary/aromatic N) is 1. The van der Waals surface area contributed by atoms with Crippen LogP contribution in [0.2, 0.25) is 0 Å². The Morgan fingerprint density at radius 2 is 1.90 bits per heavy atom. The van der Waals surface area contributed by atoms with E-state index in [-0.39, 0.29) is 6.61 Å². The Hall–Kier alpha value is -2.49. The van der Waals surface area contributed by atoms with Gasteiger partial charge in [0, 0.05) is 19.3 Å². The summed E-state index contributed by atoms with van der Waals surface area (Å²) >= 11 is 0. The van der Waals surface area contributed by atoms with Crippen LogP contribution in [0, 0.1) is 6.92 Å². The van der Waals surface area contributed by atoms with Crippen LogP contribution in [0.4, 0.5) is 11.4 Å². The van der Waals surface area contributed by atoms with Gasteiger partial charge < -0.3 is 15.4 Å². The van der Waals surface area contributed by atoms with Crippen LogP contribution < -0.4 is 15.4 Å². The van der Waals surface area contributed by atoms with Gasteiger partial charge in [-0.2, -0.15) is 0 Å². The molecule has 4 nitrogen and oxygen atoms in total. The number of carbonyl (C=O) groups excluding carboxylic acids is 1. The highest BCUT2D eigenvalue weighted by molar-refractivity contribution is 5.65. The first-order valence-corrected chi connectivity index (χ1v) is 6.83. The Labute approximate surface area is 125 Å². The fourth-order valence-corrected chi connectivity index (χ4v) is 2.13. The lowest BCUT2D eigenvalue weighted by atomic mass is 10.1. The van der Waals surface area contributed by atoms with Crippen LogP contribution in [-0.4, -0.2) is 19.9 Å². The molecule has 2 N–H and O–H groups in total. The van der Waals surface area contributed by atoms with Gasteiger partial charge in [-0.15, -0.1) is 0 Å². The minimum atomic E-state index is 0.0370. The van der Waals surface area contributed by atoms with Crippen LogP contribution in [0.25, 0.3) is 0 Å². The van der Waals surface area contributed by atoms with Gasteiger partial charge in [-0.05, 0) is 30.7 Å². The van der Waals surface area contributed by atoms with Gasteiger partial charge >= 0.3 is 0 Å². The average molecular weight is 284 g/mol. The molecule has 0 aromatic heterocycles. The minimum Gasteiger partial charge on any atom is -0.484 e. The van der Waals surface area contributed by atoms with E-state index in [0.717, 1.165) is 18.5 Å². The van der Waals surface area contributed by atoms with Crippen molar-refractivity contribution in [3.05, 3.63) is 53.6 Å². The Bertz CT molecular complexity index is 609. The zero-order valence-corrected chi connectivity index (χ0v) is 12.4. The molecule has 2 aromatic rings. The molecule has 0 saturated carbocycles. The molecule has 0 aliphatic carbocycles. The maximum absolute atomic E-state index is 10.5. The van der Waals surface area contributed by atoms with Gasteiger partial charge in [-0.3, -0.25) is 4.79 Å². The second-order valence-corrected chi connectivity index (χ2v) is 5.05. The quantitative estimate of drug-likeness (QED) is 0.654. The SMILES string of the molecule is Cc1ccc(CN(C)c2cc(N)ccc2OCC=O)cc1. The van der Waals surface area contributed by atoms with E-state index in [0.29, 0.717) is 11.4 Å². The van der Waals surface area contributed by atoms with Crippen LogP contribution in [0.1, 0.15) is 11.1 Å². The number of nitrogens with two attached hydrogens (primary N) is 1. The Kier molecular flexibility index (Phi) is 4.82. The van der Waals surface area contributed by atoms with Crippen molar-refractivity contribution in [1.29, 1.82) is 0 Å². The summed E-state index contributed by atoms with van der Waals surface area (Å²) in [5.74, 6) is 0.658. The van der Waals surface area contributed by atoms with E-state index in [1.807, 2.05) is 13.1 Å². The molecule has 0 radical (unpaired) electrons. The highest BCUT2D eigenvalue weighted by atomic mass is 16.5. The molecule has 0 unspecified atom stereocenters. The number of carbonyl (C=O) groups is 1. The maximum atomic E-state index is 10.5. The molecule has 2 aromatic carbocycles. The summed E-state index contributed by atoms with van der Waals surface area (Å²) < 4.78 is 5.45. The molecule has 0 bridgehead atoms. The molecular formula is C17H20N2O2. The molecule has 0 saturated heterocycles. The van der Waals surface area contributed by atoms with E-state index in [1.54, 1.807) is 12.1 Å². The largest absolute Gasteiger partial charge is 0.484 e. The molecule has 21 heavy (non-hydrogen) atoms. The van der Waals surface area contributed by atoms with Crippen molar-refractivity contribution in [2.24, 2.45) is 0 Å². The maximum Gasteiger partial charge on any atom is 0.157 e. The zero-order valence-electron chi connectivity index (χ0n) is 12.4. The van der Waals surface area contributed by atoms with Gasteiger partial charge in [-0.25, -0.2) is 0 Å². The first kappa shape index (κ1) is 14.9. The molecule has 0 amide bonds. The standard InChI is InChI=1S/C17H20N2O2/c1-13-3-5-14(6-4-13)12-19(2)16-11-15(18)7-8-17(16)21-10-9-20/h3-9,11H,10,12,18H2,1-2H3. The highest BCUT2D eigenvalue weighted by Gasteiger charge is 2.10. The summed E-state index contributed by atoms with van der Waals surface area (Å²) in [5, 5.41) is 0. The second-order valence-electron chi connectivity index (χ2n) is 5.05. The number of aryl methyl sites for hydroxylation is 1. The van der Waals surface area contributed by atoms with E-state index >= 15 is 0 Å². The van der Waals surface area contributed by atoms with Crippen molar-refractivity contribution in [3.63, 3.8) is 0 Å². The number of rotatable bonds is 6. The Balaban J connectivity index is 2.20. The lowest BCUT2D eigenvalue weighted by Gasteiger charge is -2.22. The molecule has 0 fully saturated rings. The van der Waals surface area contributed by atoms with Gasteiger partial charge in [0.25, 0.3) is 0 Å². The van der Waals surface area contributed by atoms with Crippen molar-refractivity contribution in [3.8, 4) is 5.75 Å². The molecule has 110 valence electrons. The van der Waals surface area contributed by atoms with Crippen molar-refractivity contribution < 1.29 is 9.53 Å². The normalized spacial score (nSPS) is 10.2. The fourth-order valence-electron chi connectivity index (χ4n) is 2.13. The van der Waals surface area contributed by atoms with E-state index < -0.39 is 0 Å². The van der Waals surface area contributed by atoms with Crippen LogP contribution >= 0.6 is 0 Å². The van der Waals surface area contributed by atoms with Crippen molar-refractivity contribution in [2.75, 3.05) is 24.3 Å². The summed E-state index contributed by atoms with van der Waals surface area (Å²) in [6, 6.07) is 13.8. The van der Waals surface area contributed by atoms with Gasteiger partial charge in [0.15, 0.2) is 6.29 Å². The third kappa shape index (κ3) is 3.99. The zero-order chi connectivity index (χ0) is 15.2. The lowest BCUT2D eigenvalue weighted by molar-refractivity contribution is -0.109. The van der Waals surface area contributed by atoms with Crippen LogP contribution in [0.5, 0.6) is 5.75 Å². The van der Waals surface area contributed by atoms with Gasteiger partial charge in [-0.1, -0.05) is 29.8 Å². The third-order valence-electron chi connectivity index (χ3n) is 3.24. The summed E-state index contributed by atoms with van der Waals surface area (Å²) in [6.45, 7) is 2.84. The fraction of sp³-hybridized carbons (Fsp3) is 0.235. The number of benzene rings is 2. The molecular weight excluding hydrogens is 264 g/mol. The molecule has 2 rings (SSSR count). The van der Waals surface area contributed by atoms with Crippen molar-refractivity contribution in [2.45, 2.75) is 13.5 Å². The van der Waals surface area contributed by atoms with Gasteiger partial charge in [0.05, 0.1) is 5.69 Å². The van der Waals surface area contributed by atoms with E-state index in [1.165, 1.54) is 11.1 Å². The smallest absolute Gasteiger partial charge is 0.157 e. The summed E-state index contributed by atoms with van der Waals surface area (Å²) in [6.07, 6.45) is 0.736. The van der Waals surface area contributed by atoms with Crippen molar-refractivity contribution in [1.82, 2.24) is 0 Å². The summed E-state index contributed by atoms with van der Waals surface area (Å²) in [4.78, 5) is 12.5. The lowest BCUT2D eigenvalue weighted by Crippen LogP contribution is -2.18. The van der Waals surface area contributed by atoms with Gasteiger partial charge in [0.2, 0.25) is 0 Å². The average Bonchev–Trinajstić information content (AvgIpc) is 2.48. The number of hydrogen-bond acceptors (Lipinski definition) is 4. The Morgan fingerprint density at radius 1 is 1.19 bits per heavy atom. The van der Waals surface area contributed by atoms with Crippen LogP contribution in [0.3, 0.4) is 0 Å². The molecule has 0 heterocycles. The Morgan fingerprint density at radius 3 is 2.57 bits per heavy atom. The van der Waals surface area contributed by atoms with Crippen molar-refractivity contribution >= 4 is 17.7 Å². The monoisotopic (exact) mass is 284 g/mol. The highest BCUT2D eigenvalue weighted by Crippen LogP contribution is 2.30. The molecule has 0 atom stereocenters. The van der Waals surface area contributed by atoms with E-state index in [2.05, 4.69) is 36.1 Å².